The van der Waals surface area contributed by atoms with Crippen LogP contribution in [0, 0.1) is 17.1 Å². The third-order valence-electron chi connectivity index (χ3n) is 6.45. The van der Waals surface area contributed by atoms with Crippen molar-refractivity contribution in [1.29, 1.82) is 5.26 Å². The summed E-state index contributed by atoms with van der Waals surface area (Å²) in [7, 11) is 0. The van der Waals surface area contributed by atoms with Crippen LogP contribution >= 0.6 is 0 Å². The number of nitrogens with one attached hydrogen (secondary N) is 4. The molecule has 2 aromatic heterocycles. The number of halogens is 1. The molecule has 0 bridgehead atoms. The third kappa shape index (κ3) is 5.73. The van der Waals surface area contributed by atoms with Crippen molar-refractivity contribution in [3.05, 3.63) is 64.7 Å². The molecule has 3 heterocycles. The highest BCUT2D eigenvalue weighted by Crippen LogP contribution is 2.31. The van der Waals surface area contributed by atoms with Crippen molar-refractivity contribution in [3.63, 3.8) is 0 Å². The van der Waals surface area contributed by atoms with E-state index in [0.717, 1.165) is 18.7 Å². The number of carbonyl (C=O) groups is 1. The monoisotopic (exact) mass is 516 g/mol. The minimum atomic E-state index is -0.934. The summed E-state index contributed by atoms with van der Waals surface area (Å²) in [5.74, 6) is -0.876. The van der Waals surface area contributed by atoms with Gasteiger partial charge in [-0.25, -0.2) is 14.4 Å². The zero-order valence-corrected chi connectivity index (χ0v) is 22.5. The SMILES string of the molecule is CC(C)NC(=O)c1cnc(Nc2ccc3c(c2)CCNC3(C)C)nc1Nc1nc(C(C)(C)C#N)ccc1F. The molecule has 0 aliphatic carbocycles. The summed E-state index contributed by atoms with van der Waals surface area (Å²) in [5, 5.41) is 21.9. The van der Waals surface area contributed by atoms with Gasteiger partial charge in [-0.05, 0) is 89.9 Å². The highest BCUT2D eigenvalue weighted by molar-refractivity contribution is 5.99. The van der Waals surface area contributed by atoms with Crippen LogP contribution in [0.1, 0.15) is 68.7 Å². The van der Waals surface area contributed by atoms with Gasteiger partial charge in [0.15, 0.2) is 11.6 Å². The summed E-state index contributed by atoms with van der Waals surface area (Å²) < 4.78 is 14.8. The molecule has 10 heteroatoms. The zero-order valence-electron chi connectivity index (χ0n) is 22.5. The number of benzene rings is 1. The largest absolute Gasteiger partial charge is 0.350 e. The van der Waals surface area contributed by atoms with Gasteiger partial charge >= 0.3 is 0 Å². The first kappa shape index (κ1) is 26.9. The molecule has 0 atom stereocenters. The van der Waals surface area contributed by atoms with Gasteiger partial charge in [0.05, 0.1) is 17.2 Å². The molecule has 0 saturated heterocycles. The minimum absolute atomic E-state index is 0.0854. The number of amides is 1. The molecule has 4 N–H and O–H groups in total. The topological polar surface area (TPSA) is 128 Å². The van der Waals surface area contributed by atoms with E-state index in [-0.39, 0.29) is 34.7 Å². The van der Waals surface area contributed by atoms with Crippen molar-refractivity contribution in [2.45, 2.75) is 65.0 Å². The van der Waals surface area contributed by atoms with Gasteiger partial charge in [-0.2, -0.15) is 10.2 Å². The fourth-order valence-corrected chi connectivity index (χ4v) is 4.31. The van der Waals surface area contributed by atoms with Gasteiger partial charge in [0.1, 0.15) is 11.4 Å². The van der Waals surface area contributed by atoms with Gasteiger partial charge in [-0.3, -0.25) is 4.79 Å². The maximum absolute atomic E-state index is 14.8. The number of pyridine rings is 1. The zero-order chi connectivity index (χ0) is 27.7. The Kier molecular flexibility index (Phi) is 7.33. The van der Waals surface area contributed by atoms with Crippen molar-refractivity contribution in [2.24, 2.45) is 0 Å². The summed E-state index contributed by atoms with van der Waals surface area (Å²) in [6, 6.07) is 10.9. The number of carbonyl (C=O) groups excluding carboxylic acids is 1. The van der Waals surface area contributed by atoms with Crippen LogP contribution in [0.2, 0.25) is 0 Å². The van der Waals surface area contributed by atoms with Crippen LogP contribution in [0.15, 0.2) is 36.5 Å². The second kappa shape index (κ2) is 10.3. The van der Waals surface area contributed by atoms with Crippen molar-refractivity contribution in [3.8, 4) is 6.07 Å². The van der Waals surface area contributed by atoms with Crippen LogP contribution < -0.4 is 21.3 Å². The molecule has 198 valence electrons. The van der Waals surface area contributed by atoms with Gasteiger partial charge in [0.2, 0.25) is 5.95 Å². The molecular formula is C28H33FN8O. The van der Waals surface area contributed by atoms with Crippen LogP contribution in [0.25, 0.3) is 0 Å². The fraction of sp³-hybridized carbons (Fsp3) is 0.393. The summed E-state index contributed by atoms with van der Waals surface area (Å²) in [4.78, 5) is 26.1. The fourth-order valence-electron chi connectivity index (χ4n) is 4.31. The first-order valence-corrected chi connectivity index (χ1v) is 12.6. The van der Waals surface area contributed by atoms with E-state index in [4.69, 9.17) is 0 Å². The standard InChI is InChI=1S/C28H33FN8O/c1-16(2)33-25(38)19-14-31-26(34-18-7-8-20-17(13-18)11-12-32-28(20,5)6)37-23(19)36-24-21(29)9-10-22(35-24)27(3,4)15-30/h7-10,13-14,16,32H,11-12H2,1-6H3,(H,33,38)(H2,31,34,35,36,37). The number of anilines is 4. The lowest BCUT2D eigenvalue weighted by Crippen LogP contribution is -2.42. The van der Waals surface area contributed by atoms with Gasteiger partial charge in [-0.15, -0.1) is 0 Å². The van der Waals surface area contributed by atoms with E-state index in [2.05, 4.69) is 68.3 Å². The highest BCUT2D eigenvalue weighted by atomic mass is 19.1. The van der Waals surface area contributed by atoms with Crippen molar-refractivity contribution in [2.75, 3.05) is 17.2 Å². The minimum Gasteiger partial charge on any atom is -0.350 e. The molecular weight excluding hydrogens is 483 g/mol. The summed E-state index contributed by atoms with van der Waals surface area (Å²) >= 11 is 0. The molecule has 1 aliphatic rings. The smallest absolute Gasteiger partial charge is 0.256 e. The van der Waals surface area contributed by atoms with Crippen molar-refractivity contribution in [1.82, 2.24) is 25.6 Å². The van der Waals surface area contributed by atoms with Crippen LogP contribution in [0.5, 0.6) is 0 Å². The average molecular weight is 517 g/mol. The Hall–Kier alpha value is -4.10. The molecule has 0 saturated carbocycles. The maximum atomic E-state index is 14.8. The number of hydrogen-bond acceptors (Lipinski definition) is 8. The van der Waals surface area contributed by atoms with E-state index in [1.165, 1.54) is 29.5 Å². The summed E-state index contributed by atoms with van der Waals surface area (Å²) in [6.07, 6.45) is 2.29. The molecule has 4 rings (SSSR count). The molecule has 1 amide bonds. The lowest BCUT2D eigenvalue weighted by molar-refractivity contribution is 0.0943. The molecule has 0 radical (unpaired) electrons. The lowest BCUT2D eigenvalue weighted by Gasteiger charge is -2.34. The average Bonchev–Trinajstić information content (AvgIpc) is 2.84. The summed E-state index contributed by atoms with van der Waals surface area (Å²) in [6.45, 7) is 12.3. The normalized spacial score (nSPS) is 14.4. The Morgan fingerprint density at radius 2 is 1.92 bits per heavy atom. The third-order valence-corrected chi connectivity index (χ3v) is 6.45. The number of aromatic nitrogens is 3. The molecule has 38 heavy (non-hydrogen) atoms. The van der Waals surface area contributed by atoms with Crippen LogP contribution in [-0.4, -0.2) is 33.4 Å². The maximum Gasteiger partial charge on any atom is 0.256 e. The number of fused-ring (bicyclic) bond motifs is 1. The van der Waals surface area contributed by atoms with Gasteiger partial charge in [-0.1, -0.05) is 6.07 Å². The molecule has 9 nitrogen and oxygen atoms in total. The van der Waals surface area contributed by atoms with Crippen LogP contribution in [-0.2, 0) is 17.4 Å². The Morgan fingerprint density at radius 1 is 1.16 bits per heavy atom. The molecule has 0 spiro atoms. The van der Waals surface area contributed by atoms with Gasteiger partial charge in [0, 0.05) is 23.5 Å². The van der Waals surface area contributed by atoms with E-state index < -0.39 is 17.1 Å². The summed E-state index contributed by atoms with van der Waals surface area (Å²) in [5.41, 5.74) is 2.74. The Morgan fingerprint density at radius 3 is 2.63 bits per heavy atom. The van der Waals surface area contributed by atoms with Crippen molar-refractivity contribution < 1.29 is 9.18 Å². The Bertz CT molecular complexity index is 1410. The molecule has 1 aromatic carbocycles. The molecule has 3 aromatic rings. The molecule has 0 fully saturated rings. The van der Waals surface area contributed by atoms with E-state index in [1.807, 2.05) is 19.9 Å². The highest BCUT2D eigenvalue weighted by Gasteiger charge is 2.27. The number of rotatable bonds is 7. The van der Waals surface area contributed by atoms with E-state index in [1.54, 1.807) is 13.8 Å². The predicted molar refractivity (Wildman–Crippen MR) is 145 cm³/mol. The first-order chi connectivity index (χ1) is 17.9. The number of hydrogen-bond donors (Lipinski definition) is 4. The van der Waals surface area contributed by atoms with Crippen LogP contribution in [0.3, 0.4) is 0 Å². The predicted octanol–water partition coefficient (Wildman–Crippen LogP) is 4.82. The van der Waals surface area contributed by atoms with Crippen LogP contribution in [0.4, 0.5) is 27.7 Å². The quantitative estimate of drug-likeness (QED) is 0.352. The van der Waals surface area contributed by atoms with E-state index >= 15 is 0 Å². The molecule has 1 aliphatic heterocycles. The lowest BCUT2D eigenvalue weighted by atomic mass is 9.85. The Labute approximate surface area is 222 Å². The Balaban J connectivity index is 1.70. The second-order valence-electron chi connectivity index (χ2n) is 10.8. The number of nitrogens with zero attached hydrogens (tertiary/aromatic N) is 4. The first-order valence-electron chi connectivity index (χ1n) is 12.6. The second-order valence-corrected chi connectivity index (χ2v) is 10.8. The van der Waals surface area contributed by atoms with Gasteiger partial charge < -0.3 is 21.3 Å². The molecule has 0 unspecified atom stereocenters. The van der Waals surface area contributed by atoms with Gasteiger partial charge in [0.25, 0.3) is 5.91 Å². The van der Waals surface area contributed by atoms with Crippen molar-refractivity contribution >= 4 is 29.2 Å². The van der Waals surface area contributed by atoms with E-state index in [0.29, 0.717) is 5.69 Å². The van der Waals surface area contributed by atoms with E-state index in [9.17, 15) is 14.4 Å². The number of nitriles is 1.